The molecule has 0 spiro atoms. The second kappa shape index (κ2) is 7.96. The number of nitrogens with zero attached hydrogens (tertiary/aromatic N) is 3. The van der Waals surface area contributed by atoms with Gasteiger partial charge in [-0.2, -0.15) is 4.31 Å². The van der Waals surface area contributed by atoms with Crippen LogP contribution in [0.1, 0.15) is 6.92 Å². The number of rotatable bonds is 6. The second-order valence-electron chi connectivity index (χ2n) is 6.01. The number of piperazine rings is 1. The number of carbonyl (C=O) groups is 1. The lowest BCUT2D eigenvalue weighted by atomic mass is 10.2. The van der Waals surface area contributed by atoms with Gasteiger partial charge in [0.25, 0.3) is 0 Å². The third kappa shape index (κ3) is 4.93. The molecule has 0 unspecified atom stereocenters. The number of benzene rings is 1. The first kappa shape index (κ1) is 18.7. The standard InChI is InChI=1S/C16H26N4O3S/c1-4-19-9-11-20(12-10-19)15-8-6-5-7-14(15)17-16(21)13-18(2)24(3,22)23/h5-8H,4,9-13H2,1-3H3,(H,17,21). The number of likely N-dealkylation sites (N-methyl/N-ethyl adjacent to an activating group) is 2. The number of anilines is 2. The molecule has 1 N–H and O–H groups in total. The van der Waals surface area contributed by atoms with E-state index in [0.717, 1.165) is 49.0 Å². The average molecular weight is 354 g/mol. The molecular formula is C16H26N4O3S. The summed E-state index contributed by atoms with van der Waals surface area (Å²) in [5, 5.41) is 2.84. The maximum absolute atomic E-state index is 12.2. The molecule has 24 heavy (non-hydrogen) atoms. The van der Waals surface area contributed by atoms with Crippen LogP contribution in [0, 0.1) is 0 Å². The van der Waals surface area contributed by atoms with E-state index in [1.165, 1.54) is 7.05 Å². The van der Waals surface area contributed by atoms with E-state index < -0.39 is 10.0 Å². The van der Waals surface area contributed by atoms with E-state index in [4.69, 9.17) is 0 Å². The van der Waals surface area contributed by atoms with Crippen LogP contribution in [0.3, 0.4) is 0 Å². The second-order valence-corrected chi connectivity index (χ2v) is 8.10. The fourth-order valence-electron chi connectivity index (χ4n) is 2.67. The van der Waals surface area contributed by atoms with Gasteiger partial charge in [0.1, 0.15) is 0 Å². The van der Waals surface area contributed by atoms with Crippen LogP contribution in [-0.2, 0) is 14.8 Å². The minimum atomic E-state index is -3.37. The number of hydrogen-bond donors (Lipinski definition) is 1. The number of carbonyl (C=O) groups excluding carboxylic acids is 1. The molecule has 0 aliphatic carbocycles. The summed E-state index contributed by atoms with van der Waals surface area (Å²) in [5.74, 6) is -0.345. The first-order valence-corrected chi connectivity index (χ1v) is 9.93. The predicted octanol–water partition coefficient (Wildman–Crippen LogP) is 0.658. The van der Waals surface area contributed by atoms with Crippen LogP contribution in [0.5, 0.6) is 0 Å². The lowest BCUT2D eigenvalue weighted by Crippen LogP contribution is -2.46. The van der Waals surface area contributed by atoms with Crippen molar-refractivity contribution in [3.05, 3.63) is 24.3 Å². The molecule has 1 aromatic carbocycles. The van der Waals surface area contributed by atoms with Gasteiger partial charge in [0, 0.05) is 33.2 Å². The number of para-hydroxylation sites is 2. The molecule has 0 aromatic heterocycles. The van der Waals surface area contributed by atoms with Gasteiger partial charge in [0.05, 0.1) is 24.2 Å². The van der Waals surface area contributed by atoms with Crippen molar-refractivity contribution in [2.45, 2.75) is 6.92 Å². The van der Waals surface area contributed by atoms with Crippen molar-refractivity contribution in [3.63, 3.8) is 0 Å². The molecule has 1 fully saturated rings. The van der Waals surface area contributed by atoms with Gasteiger partial charge in [-0.3, -0.25) is 4.79 Å². The molecule has 8 heteroatoms. The Morgan fingerprint density at radius 2 is 1.83 bits per heavy atom. The Hall–Kier alpha value is -1.64. The number of nitrogens with one attached hydrogen (secondary N) is 1. The van der Waals surface area contributed by atoms with Crippen molar-refractivity contribution in [1.29, 1.82) is 0 Å². The van der Waals surface area contributed by atoms with E-state index in [1.54, 1.807) is 0 Å². The summed E-state index contributed by atoms with van der Waals surface area (Å²) < 4.78 is 23.9. The average Bonchev–Trinajstić information content (AvgIpc) is 2.54. The highest BCUT2D eigenvalue weighted by atomic mass is 32.2. The van der Waals surface area contributed by atoms with E-state index in [0.29, 0.717) is 5.69 Å². The van der Waals surface area contributed by atoms with E-state index >= 15 is 0 Å². The Kier molecular flexibility index (Phi) is 6.20. The van der Waals surface area contributed by atoms with Crippen LogP contribution >= 0.6 is 0 Å². The van der Waals surface area contributed by atoms with Crippen molar-refractivity contribution in [2.75, 3.05) is 62.8 Å². The van der Waals surface area contributed by atoms with Crippen LogP contribution < -0.4 is 10.2 Å². The summed E-state index contributed by atoms with van der Waals surface area (Å²) in [6.45, 7) is 6.81. The van der Waals surface area contributed by atoms with Crippen LogP contribution in [-0.4, -0.2) is 76.1 Å². The van der Waals surface area contributed by atoms with Gasteiger partial charge in [0.2, 0.25) is 15.9 Å². The molecule has 7 nitrogen and oxygen atoms in total. The molecule has 0 atom stereocenters. The zero-order valence-corrected chi connectivity index (χ0v) is 15.3. The Balaban J connectivity index is 2.05. The van der Waals surface area contributed by atoms with Gasteiger partial charge < -0.3 is 15.1 Å². The maximum Gasteiger partial charge on any atom is 0.239 e. The third-order valence-corrected chi connectivity index (χ3v) is 5.53. The van der Waals surface area contributed by atoms with Crippen molar-refractivity contribution in [2.24, 2.45) is 0 Å². The van der Waals surface area contributed by atoms with Crippen LogP contribution in [0.25, 0.3) is 0 Å². The molecule has 1 aliphatic heterocycles. The summed E-state index contributed by atoms with van der Waals surface area (Å²) in [4.78, 5) is 16.8. The summed E-state index contributed by atoms with van der Waals surface area (Å²) in [6, 6.07) is 7.64. The highest BCUT2D eigenvalue weighted by molar-refractivity contribution is 7.88. The van der Waals surface area contributed by atoms with Gasteiger partial charge in [-0.1, -0.05) is 19.1 Å². The smallest absolute Gasteiger partial charge is 0.239 e. The maximum atomic E-state index is 12.2. The fourth-order valence-corrected chi connectivity index (χ4v) is 3.02. The Bertz CT molecular complexity index is 670. The molecule has 134 valence electrons. The number of sulfonamides is 1. The van der Waals surface area contributed by atoms with Crippen LogP contribution in [0.4, 0.5) is 11.4 Å². The molecule has 0 bridgehead atoms. The van der Waals surface area contributed by atoms with Gasteiger partial charge in [-0.15, -0.1) is 0 Å². The predicted molar refractivity (Wildman–Crippen MR) is 96.9 cm³/mol. The van der Waals surface area contributed by atoms with E-state index in [9.17, 15) is 13.2 Å². The quantitative estimate of drug-likeness (QED) is 0.812. The zero-order chi connectivity index (χ0) is 17.7. The first-order chi connectivity index (χ1) is 11.3. The van der Waals surface area contributed by atoms with Crippen molar-refractivity contribution >= 4 is 27.3 Å². The normalized spacial score (nSPS) is 16.4. The molecule has 2 rings (SSSR count). The van der Waals surface area contributed by atoms with E-state index in [2.05, 4.69) is 22.0 Å². The highest BCUT2D eigenvalue weighted by Crippen LogP contribution is 2.26. The van der Waals surface area contributed by atoms with Crippen LogP contribution in [0.15, 0.2) is 24.3 Å². The Labute approximate surface area is 144 Å². The molecule has 1 aromatic rings. The largest absolute Gasteiger partial charge is 0.367 e. The topological polar surface area (TPSA) is 73.0 Å². The molecule has 1 saturated heterocycles. The Morgan fingerprint density at radius 3 is 2.42 bits per heavy atom. The highest BCUT2D eigenvalue weighted by Gasteiger charge is 2.20. The lowest BCUT2D eigenvalue weighted by Gasteiger charge is -2.36. The number of hydrogen-bond acceptors (Lipinski definition) is 5. The monoisotopic (exact) mass is 354 g/mol. The zero-order valence-electron chi connectivity index (χ0n) is 14.5. The van der Waals surface area contributed by atoms with Gasteiger partial charge in [-0.05, 0) is 18.7 Å². The molecule has 0 radical (unpaired) electrons. The lowest BCUT2D eigenvalue weighted by molar-refractivity contribution is -0.116. The van der Waals surface area contributed by atoms with Crippen molar-refractivity contribution in [3.8, 4) is 0 Å². The SMILES string of the molecule is CCN1CCN(c2ccccc2NC(=O)CN(C)S(C)(=O)=O)CC1. The molecule has 0 saturated carbocycles. The van der Waals surface area contributed by atoms with Crippen molar-refractivity contribution in [1.82, 2.24) is 9.21 Å². The van der Waals surface area contributed by atoms with Gasteiger partial charge in [-0.25, -0.2) is 8.42 Å². The molecule has 1 amide bonds. The molecule has 1 aliphatic rings. The Morgan fingerprint density at radius 1 is 1.21 bits per heavy atom. The van der Waals surface area contributed by atoms with Gasteiger partial charge >= 0.3 is 0 Å². The molecule has 1 heterocycles. The molecular weight excluding hydrogens is 328 g/mol. The minimum Gasteiger partial charge on any atom is -0.367 e. The van der Waals surface area contributed by atoms with E-state index in [-0.39, 0.29) is 12.5 Å². The first-order valence-electron chi connectivity index (χ1n) is 8.08. The van der Waals surface area contributed by atoms with Crippen molar-refractivity contribution < 1.29 is 13.2 Å². The van der Waals surface area contributed by atoms with Crippen LogP contribution in [0.2, 0.25) is 0 Å². The third-order valence-electron chi connectivity index (χ3n) is 4.27. The minimum absolute atomic E-state index is 0.198. The number of amides is 1. The fraction of sp³-hybridized carbons (Fsp3) is 0.562. The summed E-state index contributed by atoms with van der Waals surface area (Å²) in [6.07, 6.45) is 1.08. The summed E-state index contributed by atoms with van der Waals surface area (Å²) >= 11 is 0. The summed E-state index contributed by atoms with van der Waals surface area (Å²) in [7, 11) is -1.98. The van der Waals surface area contributed by atoms with Gasteiger partial charge in [0.15, 0.2) is 0 Å². The summed E-state index contributed by atoms with van der Waals surface area (Å²) in [5.41, 5.74) is 1.69. The van der Waals surface area contributed by atoms with E-state index in [1.807, 2.05) is 24.3 Å².